The van der Waals surface area contributed by atoms with Crippen LogP contribution in [-0.4, -0.2) is 22.4 Å². The van der Waals surface area contributed by atoms with E-state index in [9.17, 15) is 18.0 Å². The molecule has 0 unspecified atom stereocenters. The Balaban J connectivity index is 1.64. The number of benzene rings is 2. The first-order valence-corrected chi connectivity index (χ1v) is 9.37. The molecule has 4 rings (SSSR count). The monoisotopic (exact) mass is 425 g/mol. The van der Waals surface area contributed by atoms with Crippen molar-refractivity contribution in [3.63, 3.8) is 0 Å². The van der Waals surface area contributed by atoms with Gasteiger partial charge in [-0.15, -0.1) is 0 Å². The number of aromatic nitrogens is 2. The highest BCUT2D eigenvalue weighted by atomic mass is 19.4. The third-order valence-corrected chi connectivity index (χ3v) is 4.90. The van der Waals surface area contributed by atoms with Crippen LogP contribution in [0.15, 0.2) is 67.0 Å². The summed E-state index contributed by atoms with van der Waals surface area (Å²) in [6.07, 6.45) is -0.680. The molecule has 0 spiro atoms. The molecule has 0 bridgehead atoms. The van der Waals surface area contributed by atoms with E-state index in [0.29, 0.717) is 17.1 Å². The van der Waals surface area contributed by atoms with Crippen LogP contribution in [0.5, 0.6) is 5.75 Å². The summed E-state index contributed by atoms with van der Waals surface area (Å²) in [7, 11) is 1.47. The van der Waals surface area contributed by atoms with Crippen LogP contribution < -0.4 is 10.1 Å². The average molecular weight is 425 g/mol. The number of ether oxygens (including phenoxy) is 1. The first-order valence-electron chi connectivity index (χ1n) is 9.37. The van der Waals surface area contributed by atoms with Gasteiger partial charge in [0.15, 0.2) is 0 Å². The second-order valence-corrected chi connectivity index (χ2v) is 6.99. The van der Waals surface area contributed by atoms with Crippen LogP contribution >= 0.6 is 0 Å². The molecule has 0 saturated carbocycles. The summed E-state index contributed by atoms with van der Waals surface area (Å²) < 4.78 is 45.5. The number of nitrogens with zero attached hydrogens (tertiary/aromatic N) is 2. The minimum atomic E-state index is -4.46. The van der Waals surface area contributed by atoms with Crippen molar-refractivity contribution in [2.24, 2.45) is 0 Å². The van der Waals surface area contributed by atoms with Crippen LogP contribution in [0.3, 0.4) is 0 Å². The molecule has 0 fully saturated rings. The number of carbonyl (C=O) groups is 1. The molecule has 5 nitrogen and oxygen atoms in total. The number of hydrogen-bond acceptors (Lipinski definition) is 3. The van der Waals surface area contributed by atoms with Crippen LogP contribution in [0.25, 0.3) is 16.9 Å². The van der Waals surface area contributed by atoms with Crippen molar-refractivity contribution >= 4 is 17.2 Å². The van der Waals surface area contributed by atoms with E-state index in [1.165, 1.54) is 7.11 Å². The Morgan fingerprint density at radius 3 is 2.48 bits per heavy atom. The van der Waals surface area contributed by atoms with E-state index < -0.39 is 17.6 Å². The summed E-state index contributed by atoms with van der Waals surface area (Å²) in [6, 6.07) is 13.2. The third-order valence-electron chi connectivity index (χ3n) is 4.90. The number of hydrogen-bond donors (Lipinski definition) is 1. The molecule has 0 aliphatic heterocycles. The van der Waals surface area contributed by atoms with Gasteiger partial charge in [0.1, 0.15) is 11.4 Å². The number of amides is 1. The van der Waals surface area contributed by atoms with Gasteiger partial charge in [-0.3, -0.25) is 4.79 Å². The summed E-state index contributed by atoms with van der Waals surface area (Å²) in [6.45, 7) is 1.97. The molecule has 2 heterocycles. The Labute approximate surface area is 176 Å². The number of methoxy groups -OCH3 is 1. The van der Waals surface area contributed by atoms with Crippen molar-refractivity contribution in [3.05, 3.63) is 83.7 Å². The van der Waals surface area contributed by atoms with E-state index in [-0.39, 0.29) is 5.56 Å². The Morgan fingerprint density at radius 2 is 1.84 bits per heavy atom. The lowest BCUT2D eigenvalue weighted by molar-refractivity contribution is -0.137. The number of imidazole rings is 1. The maximum absolute atomic E-state index is 12.7. The van der Waals surface area contributed by atoms with Crippen LogP contribution in [0.4, 0.5) is 18.9 Å². The van der Waals surface area contributed by atoms with Crippen molar-refractivity contribution in [1.29, 1.82) is 0 Å². The van der Waals surface area contributed by atoms with Crippen LogP contribution in [0.2, 0.25) is 0 Å². The third kappa shape index (κ3) is 4.09. The van der Waals surface area contributed by atoms with E-state index in [1.54, 1.807) is 12.1 Å². The van der Waals surface area contributed by atoms with Crippen molar-refractivity contribution in [1.82, 2.24) is 9.38 Å². The fourth-order valence-corrected chi connectivity index (χ4v) is 3.26. The quantitative estimate of drug-likeness (QED) is 0.464. The largest absolute Gasteiger partial charge is 0.495 e. The molecule has 0 saturated heterocycles. The number of rotatable bonds is 4. The Kier molecular flexibility index (Phi) is 5.14. The molecular formula is C23H18F3N3O2. The number of anilines is 1. The zero-order valence-corrected chi connectivity index (χ0v) is 16.7. The van der Waals surface area contributed by atoms with Crippen LogP contribution in [-0.2, 0) is 6.18 Å². The van der Waals surface area contributed by atoms with E-state index >= 15 is 0 Å². The minimum Gasteiger partial charge on any atom is -0.495 e. The number of aryl methyl sites for hydroxylation is 1. The molecule has 0 atom stereocenters. The lowest BCUT2D eigenvalue weighted by Gasteiger charge is -2.12. The van der Waals surface area contributed by atoms with Gasteiger partial charge in [0, 0.05) is 23.5 Å². The Hall–Kier alpha value is -3.81. The van der Waals surface area contributed by atoms with Crippen molar-refractivity contribution in [3.8, 4) is 17.0 Å². The molecule has 4 aromatic rings. The van der Waals surface area contributed by atoms with Gasteiger partial charge in [-0.1, -0.05) is 6.07 Å². The van der Waals surface area contributed by atoms with Gasteiger partial charge in [0.05, 0.1) is 24.1 Å². The zero-order valence-electron chi connectivity index (χ0n) is 16.7. The smallest absolute Gasteiger partial charge is 0.416 e. The summed E-state index contributed by atoms with van der Waals surface area (Å²) in [5, 5.41) is 2.71. The van der Waals surface area contributed by atoms with Gasteiger partial charge in [0.2, 0.25) is 0 Å². The molecule has 0 aliphatic rings. The molecule has 2 aromatic heterocycles. The molecular weight excluding hydrogens is 407 g/mol. The molecule has 8 heteroatoms. The van der Waals surface area contributed by atoms with Gasteiger partial charge >= 0.3 is 6.18 Å². The normalized spacial score (nSPS) is 11.5. The van der Waals surface area contributed by atoms with E-state index in [2.05, 4.69) is 10.3 Å². The molecule has 1 N–H and O–H groups in total. The highest BCUT2D eigenvalue weighted by Gasteiger charge is 2.30. The second kappa shape index (κ2) is 7.79. The molecule has 1 amide bonds. The van der Waals surface area contributed by atoms with E-state index in [4.69, 9.17) is 4.74 Å². The first-order chi connectivity index (χ1) is 14.8. The van der Waals surface area contributed by atoms with Crippen LogP contribution in [0.1, 0.15) is 21.5 Å². The summed E-state index contributed by atoms with van der Waals surface area (Å²) >= 11 is 0. The first kappa shape index (κ1) is 20.5. The number of fused-ring (bicyclic) bond motifs is 1. The van der Waals surface area contributed by atoms with Crippen molar-refractivity contribution in [2.75, 3.05) is 12.4 Å². The number of alkyl halides is 3. The number of nitrogens with one attached hydrogen (secondary N) is 1. The zero-order chi connectivity index (χ0) is 22.2. The number of carbonyl (C=O) groups excluding carboxylic acids is 1. The highest BCUT2D eigenvalue weighted by molar-refractivity contribution is 6.05. The fraction of sp³-hybridized carbons (Fsp3) is 0.130. The van der Waals surface area contributed by atoms with E-state index in [0.717, 1.165) is 41.0 Å². The summed E-state index contributed by atoms with van der Waals surface area (Å²) in [4.78, 5) is 17.3. The maximum atomic E-state index is 12.7. The van der Waals surface area contributed by atoms with Crippen molar-refractivity contribution < 1.29 is 22.7 Å². The number of pyridine rings is 1. The van der Waals surface area contributed by atoms with Gasteiger partial charge < -0.3 is 14.5 Å². The van der Waals surface area contributed by atoms with Gasteiger partial charge in [-0.05, 0) is 61.0 Å². The van der Waals surface area contributed by atoms with Gasteiger partial charge in [0.25, 0.3) is 5.91 Å². The Morgan fingerprint density at radius 1 is 1.10 bits per heavy atom. The predicted molar refractivity (Wildman–Crippen MR) is 111 cm³/mol. The highest BCUT2D eigenvalue weighted by Crippen LogP contribution is 2.32. The topological polar surface area (TPSA) is 55.6 Å². The molecule has 2 aromatic carbocycles. The summed E-state index contributed by atoms with van der Waals surface area (Å²) in [5.41, 5.74) is 2.99. The lowest BCUT2D eigenvalue weighted by atomic mass is 10.1. The van der Waals surface area contributed by atoms with Crippen LogP contribution in [0, 0.1) is 6.92 Å². The minimum absolute atomic E-state index is 0.101. The molecule has 0 radical (unpaired) electrons. The molecule has 0 aliphatic carbocycles. The summed E-state index contributed by atoms with van der Waals surface area (Å²) in [5.74, 6) is -0.126. The fourth-order valence-electron chi connectivity index (χ4n) is 3.26. The molecule has 158 valence electrons. The maximum Gasteiger partial charge on any atom is 0.416 e. The standard InChI is InChI=1S/C23H18F3N3O2/c1-14-4-3-11-29-13-19(27-21(14)29)16-7-10-20(31-2)18(12-16)28-22(30)15-5-8-17(9-6-15)23(24,25)26/h3-13H,1-2H3,(H,28,30). The van der Waals surface area contributed by atoms with Gasteiger partial charge in [-0.2, -0.15) is 13.2 Å². The lowest BCUT2D eigenvalue weighted by Crippen LogP contribution is -2.13. The Bertz CT molecular complexity index is 1260. The van der Waals surface area contributed by atoms with Crippen molar-refractivity contribution in [2.45, 2.75) is 13.1 Å². The second-order valence-electron chi connectivity index (χ2n) is 6.99. The van der Waals surface area contributed by atoms with Gasteiger partial charge in [-0.25, -0.2) is 4.98 Å². The number of halogens is 3. The van der Waals surface area contributed by atoms with E-state index in [1.807, 2.05) is 41.9 Å². The molecule has 31 heavy (non-hydrogen) atoms. The average Bonchev–Trinajstić information content (AvgIpc) is 3.19. The predicted octanol–water partition coefficient (Wildman–Crippen LogP) is 5.59. The SMILES string of the molecule is COc1ccc(-c2cn3cccc(C)c3n2)cc1NC(=O)c1ccc(C(F)(F)F)cc1.